The van der Waals surface area contributed by atoms with Crippen LogP contribution in [0.4, 0.5) is 5.69 Å². The second-order valence-electron chi connectivity index (χ2n) is 5.92. The normalized spacial score (nSPS) is 11.0. The molecule has 1 aromatic carbocycles. The van der Waals surface area contributed by atoms with Gasteiger partial charge in [-0.25, -0.2) is 0 Å². The summed E-state index contributed by atoms with van der Waals surface area (Å²) in [6.07, 6.45) is 9.45. The van der Waals surface area contributed by atoms with Gasteiger partial charge < -0.3 is 4.90 Å². The Morgan fingerprint density at radius 1 is 0.895 bits per heavy atom. The molecular weight excluding hydrogens is 230 g/mol. The first-order valence-corrected chi connectivity index (χ1v) is 7.93. The van der Waals surface area contributed by atoms with Gasteiger partial charge in [0, 0.05) is 19.8 Å². The van der Waals surface area contributed by atoms with Crippen LogP contribution in [0, 0.1) is 5.92 Å². The van der Waals surface area contributed by atoms with Crippen molar-refractivity contribution in [3.8, 4) is 0 Å². The van der Waals surface area contributed by atoms with Crippen LogP contribution < -0.4 is 4.90 Å². The fraction of sp³-hybridized carbons (Fsp3) is 0.667. The Kier molecular flexibility index (Phi) is 7.62. The van der Waals surface area contributed by atoms with Gasteiger partial charge in [-0.15, -0.1) is 0 Å². The molecule has 0 bridgehead atoms. The summed E-state index contributed by atoms with van der Waals surface area (Å²) in [5.74, 6) is 0.880. The molecule has 0 fully saturated rings. The topological polar surface area (TPSA) is 3.24 Å². The number of nitrogens with zero attached hydrogens (tertiary/aromatic N) is 1. The van der Waals surface area contributed by atoms with E-state index in [1.165, 1.54) is 56.2 Å². The molecule has 0 spiro atoms. The summed E-state index contributed by atoms with van der Waals surface area (Å²) in [6, 6.07) is 9.10. The third-order valence-electron chi connectivity index (χ3n) is 3.91. The second kappa shape index (κ2) is 9.01. The van der Waals surface area contributed by atoms with Crippen molar-refractivity contribution in [2.45, 2.75) is 58.8 Å². The molecule has 0 aliphatic carbocycles. The van der Waals surface area contributed by atoms with Gasteiger partial charge in [-0.05, 0) is 30.0 Å². The van der Waals surface area contributed by atoms with E-state index in [2.05, 4.69) is 57.1 Å². The first-order valence-electron chi connectivity index (χ1n) is 7.93. The van der Waals surface area contributed by atoms with Crippen molar-refractivity contribution in [2.24, 2.45) is 5.92 Å². The highest BCUT2D eigenvalue weighted by atomic mass is 15.1. The fourth-order valence-electron chi connectivity index (χ4n) is 2.60. The van der Waals surface area contributed by atoms with Crippen LogP contribution in [0.15, 0.2) is 24.3 Å². The average molecular weight is 261 g/mol. The minimum atomic E-state index is 0.880. The zero-order valence-corrected chi connectivity index (χ0v) is 13.3. The fourth-order valence-corrected chi connectivity index (χ4v) is 2.60. The minimum Gasteiger partial charge on any atom is -0.378 e. The molecular formula is C18H31N. The number of anilines is 1. The van der Waals surface area contributed by atoms with Crippen molar-refractivity contribution < 1.29 is 0 Å². The Hall–Kier alpha value is -0.980. The SMILES string of the molecule is CCCCC(CCCC)Cc1ccc(N(C)C)cc1. The molecule has 1 aromatic rings. The van der Waals surface area contributed by atoms with E-state index in [1.54, 1.807) is 0 Å². The predicted octanol–water partition coefficient (Wildman–Crippen LogP) is 5.29. The van der Waals surface area contributed by atoms with Gasteiger partial charge in [-0.3, -0.25) is 0 Å². The molecule has 0 unspecified atom stereocenters. The van der Waals surface area contributed by atoms with Crippen LogP contribution in [0.5, 0.6) is 0 Å². The molecule has 0 aliphatic heterocycles. The van der Waals surface area contributed by atoms with Crippen LogP contribution in [0.3, 0.4) is 0 Å². The van der Waals surface area contributed by atoms with Gasteiger partial charge in [-0.2, -0.15) is 0 Å². The maximum Gasteiger partial charge on any atom is 0.0361 e. The smallest absolute Gasteiger partial charge is 0.0361 e. The Labute approximate surface area is 120 Å². The molecule has 0 radical (unpaired) electrons. The molecule has 108 valence electrons. The van der Waals surface area contributed by atoms with Gasteiger partial charge in [0.1, 0.15) is 0 Å². The molecule has 0 amide bonds. The average Bonchev–Trinajstić information content (AvgIpc) is 2.42. The zero-order valence-electron chi connectivity index (χ0n) is 13.3. The molecule has 0 N–H and O–H groups in total. The van der Waals surface area contributed by atoms with Crippen LogP contribution in [-0.4, -0.2) is 14.1 Å². The summed E-state index contributed by atoms with van der Waals surface area (Å²) in [6.45, 7) is 4.59. The lowest BCUT2D eigenvalue weighted by molar-refractivity contribution is 0.417. The molecule has 1 nitrogen and oxygen atoms in total. The molecule has 0 aromatic heterocycles. The summed E-state index contributed by atoms with van der Waals surface area (Å²) in [4.78, 5) is 2.16. The highest BCUT2D eigenvalue weighted by Crippen LogP contribution is 2.22. The van der Waals surface area contributed by atoms with E-state index in [0.717, 1.165) is 5.92 Å². The van der Waals surface area contributed by atoms with Crippen molar-refractivity contribution in [1.29, 1.82) is 0 Å². The Morgan fingerprint density at radius 2 is 1.42 bits per heavy atom. The summed E-state index contributed by atoms with van der Waals surface area (Å²) < 4.78 is 0. The third kappa shape index (κ3) is 6.13. The van der Waals surface area contributed by atoms with Crippen LogP contribution in [0.25, 0.3) is 0 Å². The number of benzene rings is 1. The summed E-state index contributed by atoms with van der Waals surface area (Å²) >= 11 is 0. The van der Waals surface area contributed by atoms with Crippen molar-refractivity contribution in [2.75, 3.05) is 19.0 Å². The Morgan fingerprint density at radius 3 is 1.84 bits per heavy atom. The summed E-state index contributed by atoms with van der Waals surface area (Å²) in [5.41, 5.74) is 2.80. The standard InChI is InChI=1S/C18H31N/c1-5-7-9-16(10-8-6-2)15-17-11-13-18(14-12-17)19(3)4/h11-14,16H,5-10,15H2,1-4H3. The van der Waals surface area contributed by atoms with Gasteiger partial charge in [0.15, 0.2) is 0 Å². The third-order valence-corrected chi connectivity index (χ3v) is 3.91. The van der Waals surface area contributed by atoms with Crippen LogP contribution in [0.2, 0.25) is 0 Å². The molecule has 0 aliphatic rings. The minimum absolute atomic E-state index is 0.880. The molecule has 0 saturated carbocycles. The lowest BCUT2D eigenvalue weighted by Crippen LogP contribution is -2.09. The van der Waals surface area contributed by atoms with Crippen LogP contribution in [-0.2, 0) is 6.42 Å². The largest absolute Gasteiger partial charge is 0.378 e. The van der Waals surface area contributed by atoms with E-state index in [0.29, 0.717) is 0 Å². The highest BCUT2D eigenvalue weighted by molar-refractivity contribution is 5.46. The first-order chi connectivity index (χ1) is 9.17. The number of unbranched alkanes of at least 4 members (excludes halogenated alkanes) is 2. The van der Waals surface area contributed by atoms with Crippen molar-refractivity contribution in [3.05, 3.63) is 29.8 Å². The van der Waals surface area contributed by atoms with Gasteiger partial charge in [0.05, 0.1) is 0 Å². The molecule has 0 atom stereocenters. The molecule has 0 heterocycles. The highest BCUT2D eigenvalue weighted by Gasteiger charge is 2.09. The van der Waals surface area contributed by atoms with Crippen molar-refractivity contribution >= 4 is 5.69 Å². The van der Waals surface area contributed by atoms with Crippen LogP contribution >= 0.6 is 0 Å². The maximum absolute atomic E-state index is 2.31. The number of hydrogen-bond donors (Lipinski definition) is 0. The molecule has 19 heavy (non-hydrogen) atoms. The van der Waals surface area contributed by atoms with E-state index in [9.17, 15) is 0 Å². The van der Waals surface area contributed by atoms with Crippen molar-refractivity contribution in [3.63, 3.8) is 0 Å². The van der Waals surface area contributed by atoms with Gasteiger partial charge >= 0.3 is 0 Å². The zero-order chi connectivity index (χ0) is 14.1. The lowest BCUT2D eigenvalue weighted by Gasteiger charge is -2.17. The van der Waals surface area contributed by atoms with Crippen LogP contribution in [0.1, 0.15) is 57.9 Å². The summed E-state index contributed by atoms with van der Waals surface area (Å²) in [7, 11) is 4.20. The Balaban J connectivity index is 2.56. The van der Waals surface area contributed by atoms with Gasteiger partial charge in [0.2, 0.25) is 0 Å². The van der Waals surface area contributed by atoms with E-state index in [1.807, 2.05) is 0 Å². The number of rotatable bonds is 9. The molecule has 0 saturated heterocycles. The quantitative estimate of drug-likeness (QED) is 0.583. The number of hydrogen-bond acceptors (Lipinski definition) is 1. The second-order valence-corrected chi connectivity index (χ2v) is 5.92. The summed E-state index contributed by atoms with van der Waals surface area (Å²) in [5, 5.41) is 0. The lowest BCUT2D eigenvalue weighted by atomic mass is 9.90. The van der Waals surface area contributed by atoms with Gasteiger partial charge in [-0.1, -0.05) is 64.5 Å². The first kappa shape index (κ1) is 16.1. The van der Waals surface area contributed by atoms with E-state index >= 15 is 0 Å². The monoisotopic (exact) mass is 261 g/mol. The van der Waals surface area contributed by atoms with E-state index in [4.69, 9.17) is 0 Å². The van der Waals surface area contributed by atoms with E-state index in [-0.39, 0.29) is 0 Å². The van der Waals surface area contributed by atoms with E-state index < -0.39 is 0 Å². The van der Waals surface area contributed by atoms with Gasteiger partial charge in [0.25, 0.3) is 0 Å². The molecule has 1 heteroatoms. The molecule has 1 rings (SSSR count). The van der Waals surface area contributed by atoms with Crippen molar-refractivity contribution in [1.82, 2.24) is 0 Å². The predicted molar refractivity (Wildman–Crippen MR) is 87.0 cm³/mol. The Bertz CT molecular complexity index is 318. The maximum atomic E-state index is 2.31.